The molecule has 6 nitrogen and oxygen atoms in total. The fourth-order valence-electron chi connectivity index (χ4n) is 2.03. The Morgan fingerprint density at radius 2 is 2.10 bits per heavy atom. The van der Waals surface area contributed by atoms with Crippen molar-refractivity contribution in [1.29, 1.82) is 0 Å². The fraction of sp³-hybridized carbons (Fsp3) is 0.500. The maximum absolute atomic E-state index is 12.1. The molecule has 3 N–H and O–H groups in total. The zero-order valence-electron chi connectivity index (χ0n) is 12.1. The molecular formula is C14H21N3O3. The van der Waals surface area contributed by atoms with E-state index >= 15 is 0 Å². The number of hydrogen-bond donors (Lipinski definition) is 2. The van der Waals surface area contributed by atoms with E-state index in [9.17, 15) is 14.9 Å². The van der Waals surface area contributed by atoms with Crippen LogP contribution in [0.2, 0.25) is 0 Å². The first kappa shape index (κ1) is 16.1. The van der Waals surface area contributed by atoms with Gasteiger partial charge < -0.3 is 11.1 Å². The smallest absolute Gasteiger partial charge is 0.274 e. The van der Waals surface area contributed by atoms with Crippen molar-refractivity contribution in [2.45, 2.75) is 27.2 Å². The van der Waals surface area contributed by atoms with Crippen LogP contribution in [0.4, 0.5) is 11.4 Å². The molecular weight excluding hydrogens is 258 g/mol. The third kappa shape index (κ3) is 3.77. The molecule has 1 atom stereocenters. The van der Waals surface area contributed by atoms with E-state index in [1.165, 1.54) is 6.07 Å². The van der Waals surface area contributed by atoms with E-state index in [1.54, 1.807) is 12.1 Å². The summed E-state index contributed by atoms with van der Waals surface area (Å²) in [6.07, 6.45) is 0.571. The van der Waals surface area contributed by atoms with Gasteiger partial charge in [0, 0.05) is 23.9 Å². The summed E-state index contributed by atoms with van der Waals surface area (Å²) >= 11 is 0. The molecule has 1 unspecified atom stereocenters. The molecule has 0 aliphatic carbocycles. The summed E-state index contributed by atoms with van der Waals surface area (Å²) in [7, 11) is 0. The van der Waals surface area contributed by atoms with Crippen molar-refractivity contribution in [1.82, 2.24) is 0 Å². The number of anilines is 1. The van der Waals surface area contributed by atoms with Gasteiger partial charge in [0.05, 0.1) is 10.8 Å². The second kappa shape index (κ2) is 7.00. The van der Waals surface area contributed by atoms with Crippen LogP contribution in [0, 0.1) is 22.0 Å². The lowest BCUT2D eigenvalue weighted by Gasteiger charge is -2.18. The fourth-order valence-corrected chi connectivity index (χ4v) is 2.03. The SMILES string of the molecule is CCc1ccc(NC(=O)C(CN)C(C)C)cc1[N+](=O)[O-]. The topological polar surface area (TPSA) is 98.3 Å². The van der Waals surface area contributed by atoms with E-state index in [0.717, 1.165) is 0 Å². The minimum absolute atomic E-state index is 0.0270. The second-order valence-electron chi connectivity index (χ2n) is 5.03. The Labute approximate surface area is 118 Å². The van der Waals surface area contributed by atoms with E-state index in [-0.39, 0.29) is 30.0 Å². The summed E-state index contributed by atoms with van der Waals surface area (Å²) in [6, 6.07) is 4.74. The first-order valence-electron chi connectivity index (χ1n) is 6.68. The van der Waals surface area contributed by atoms with Crippen LogP contribution in [0.5, 0.6) is 0 Å². The Kier molecular flexibility index (Phi) is 5.64. The molecule has 1 aromatic carbocycles. The summed E-state index contributed by atoms with van der Waals surface area (Å²) in [5, 5.41) is 13.7. The summed E-state index contributed by atoms with van der Waals surface area (Å²) in [5.74, 6) is -0.397. The van der Waals surface area contributed by atoms with Crippen LogP contribution in [-0.2, 0) is 11.2 Å². The Morgan fingerprint density at radius 1 is 1.45 bits per heavy atom. The molecule has 6 heteroatoms. The predicted molar refractivity (Wildman–Crippen MR) is 78.5 cm³/mol. The minimum atomic E-state index is -0.433. The molecule has 0 spiro atoms. The van der Waals surface area contributed by atoms with Gasteiger partial charge in [-0.3, -0.25) is 14.9 Å². The van der Waals surface area contributed by atoms with E-state index in [1.807, 2.05) is 20.8 Å². The normalized spacial score (nSPS) is 12.2. The van der Waals surface area contributed by atoms with Crippen molar-refractivity contribution >= 4 is 17.3 Å². The molecule has 0 fully saturated rings. The second-order valence-corrected chi connectivity index (χ2v) is 5.03. The van der Waals surface area contributed by atoms with Crippen molar-refractivity contribution < 1.29 is 9.72 Å². The van der Waals surface area contributed by atoms with Crippen molar-refractivity contribution in [2.24, 2.45) is 17.6 Å². The van der Waals surface area contributed by atoms with Gasteiger partial charge in [0.1, 0.15) is 0 Å². The number of carbonyl (C=O) groups is 1. The summed E-state index contributed by atoms with van der Waals surface area (Å²) in [4.78, 5) is 22.6. The number of rotatable bonds is 6. The average Bonchev–Trinajstić information content (AvgIpc) is 2.38. The molecule has 110 valence electrons. The third-order valence-corrected chi connectivity index (χ3v) is 3.33. The zero-order valence-corrected chi connectivity index (χ0v) is 12.1. The molecule has 0 heterocycles. The zero-order chi connectivity index (χ0) is 15.3. The Hall–Kier alpha value is -1.95. The number of nitrogens with one attached hydrogen (secondary N) is 1. The van der Waals surface area contributed by atoms with Gasteiger partial charge in [-0.05, 0) is 18.4 Å². The maximum Gasteiger partial charge on any atom is 0.274 e. The molecule has 0 aliphatic heterocycles. The molecule has 0 bridgehead atoms. The van der Waals surface area contributed by atoms with Crippen LogP contribution in [0.25, 0.3) is 0 Å². The summed E-state index contributed by atoms with van der Waals surface area (Å²) < 4.78 is 0. The highest BCUT2D eigenvalue weighted by atomic mass is 16.6. The van der Waals surface area contributed by atoms with Crippen molar-refractivity contribution in [2.75, 3.05) is 11.9 Å². The van der Waals surface area contributed by atoms with Gasteiger partial charge in [-0.25, -0.2) is 0 Å². The number of aryl methyl sites for hydroxylation is 1. The molecule has 0 radical (unpaired) electrons. The Bertz CT molecular complexity index is 500. The van der Waals surface area contributed by atoms with Gasteiger partial charge in [-0.2, -0.15) is 0 Å². The van der Waals surface area contributed by atoms with Crippen LogP contribution in [0.1, 0.15) is 26.3 Å². The molecule has 0 aliphatic rings. The predicted octanol–water partition coefficient (Wildman–Crippen LogP) is 2.33. The maximum atomic E-state index is 12.1. The van der Waals surface area contributed by atoms with Crippen molar-refractivity contribution in [3.05, 3.63) is 33.9 Å². The number of benzene rings is 1. The van der Waals surface area contributed by atoms with Crippen molar-refractivity contribution in [3.8, 4) is 0 Å². The van der Waals surface area contributed by atoms with E-state index in [2.05, 4.69) is 5.32 Å². The molecule has 0 saturated heterocycles. The number of amides is 1. The van der Waals surface area contributed by atoms with E-state index < -0.39 is 4.92 Å². The summed E-state index contributed by atoms with van der Waals surface area (Å²) in [6.45, 7) is 5.93. The molecule has 1 aromatic rings. The number of hydrogen-bond acceptors (Lipinski definition) is 4. The first-order valence-corrected chi connectivity index (χ1v) is 6.68. The Balaban J connectivity index is 2.96. The highest BCUT2D eigenvalue weighted by Crippen LogP contribution is 2.24. The van der Waals surface area contributed by atoms with Gasteiger partial charge in [0.2, 0.25) is 5.91 Å². The standard InChI is InChI=1S/C14H21N3O3/c1-4-10-5-6-11(7-13(10)17(19)20)16-14(18)12(8-15)9(2)3/h5-7,9,12H,4,8,15H2,1-3H3,(H,16,18). The highest BCUT2D eigenvalue weighted by molar-refractivity contribution is 5.93. The molecule has 1 amide bonds. The quantitative estimate of drug-likeness (QED) is 0.616. The lowest BCUT2D eigenvalue weighted by molar-refractivity contribution is -0.385. The van der Waals surface area contributed by atoms with Crippen LogP contribution < -0.4 is 11.1 Å². The number of nitrogens with zero attached hydrogens (tertiary/aromatic N) is 1. The third-order valence-electron chi connectivity index (χ3n) is 3.33. The van der Waals surface area contributed by atoms with Crippen LogP contribution in [0.3, 0.4) is 0 Å². The molecule has 20 heavy (non-hydrogen) atoms. The van der Waals surface area contributed by atoms with Crippen LogP contribution >= 0.6 is 0 Å². The van der Waals surface area contributed by atoms with Crippen molar-refractivity contribution in [3.63, 3.8) is 0 Å². The number of nitro benzene ring substituents is 1. The number of nitro groups is 1. The van der Waals surface area contributed by atoms with Crippen LogP contribution in [0.15, 0.2) is 18.2 Å². The molecule has 0 saturated carbocycles. The van der Waals surface area contributed by atoms with Gasteiger partial charge in [0.15, 0.2) is 0 Å². The largest absolute Gasteiger partial charge is 0.330 e. The van der Waals surface area contributed by atoms with Gasteiger partial charge in [-0.1, -0.05) is 26.8 Å². The highest BCUT2D eigenvalue weighted by Gasteiger charge is 2.21. The minimum Gasteiger partial charge on any atom is -0.330 e. The number of nitrogens with two attached hydrogens (primary N) is 1. The molecule has 0 aromatic heterocycles. The average molecular weight is 279 g/mol. The van der Waals surface area contributed by atoms with Crippen LogP contribution in [-0.4, -0.2) is 17.4 Å². The molecule has 1 rings (SSSR count). The van der Waals surface area contributed by atoms with Gasteiger partial charge in [0.25, 0.3) is 5.69 Å². The summed E-state index contributed by atoms with van der Waals surface area (Å²) in [5.41, 5.74) is 6.68. The lowest BCUT2D eigenvalue weighted by Crippen LogP contribution is -2.33. The van der Waals surface area contributed by atoms with Gasteiger partial charge >= 0.3 is 0 Å². The lowest BCUT2D eigenvalue weighted by atomic mass is 9.95. The first-order chi connectivity index (χ1) is 9.40. The van der Waals surface area contributed by atoms with E-state index in [0.29, 0.717) is 17.7 Å². The Morgan fingerprint density at radius 3 is 2.55 bits per heavy atom. The number of carbonyl (C=O) groups excluding carboxylic acids is 1. The van der Waals surface area contributed by atoms with E-state index in [4.69, 9.17) is 5.73 Å². The monoisotopic (exact) mass is 279 g/mol. The van der Waals surface area contributed by atoms with Gasteiger partial charge in [-0.15, -0.1) is 0 Å².